The number of nitrogens with one attached hydrogen (secondary N) is 1. The van der Waals surface area contributed by atoms with Crippen molar-refractivity contribution in [3.8, 4) is 0 Å². The average Bonchev–Trinajstić information content (AvgIpc) is 3.17. The van der Waals surface area contributed by atoms with E-state index in [4.69, 9.17) is 4.42 Å². The highest BCUT2D eigenvalue weighted by Crippen LogP contribution is 2.19. The van der Waals surface area contributed by atoms with Crippen molar-refractivity contribution in [1.82, 2.24) is 15.2 Å². The molecular formula is C18H25N3O2S. The first-order valence-electron chi connectivity index (χ1n) is 8.53. The van der Waals surface area contributed by atoms with E-state index in [0.29, 0.717) is 12.3 Å². The second-order valence-electron chi connectivity index (χ2n) is 6.58. The van der Waals surface area contributed by atoms with Crippen molar-refractivity contribution in [1.29, 1.82) is 0 Å². The summed E-state index contributed by atoms with van der Waals surface area (Å²) >= 11 is 1.63. The Hall–Kier alpha value is -1.66. The van der Waals surface area contributed by atoms with E-state index >= 15 is 0 Å². The summed E-state index contributed by atoms with van der Waals surface area (Å²) in [4.78, 5) is 18.8. The van der Waals surface area contributed by atoms with Gasteiger partial charge >= 0.3 is 0 Å². The molecule has 0 aliphatic carbocycles. The third-order valence-electron chi connectivity index (χ3n) is 4.67. The standard InChI is InChI=1S/C18H25N3O2S/c1-13-14(2)23-18(20-13)11-21-6-3-15(4-7-21)10-19-17(22)9-16-5-8-24-12-16/h5,8,12,15H,3-4,6-7,9-11H2,1-2H3,(H,19,22). The van der Waals surface area contributed by atoms with E-state index in [-0.39, 0.29) is 5.91 Å². The Morgan fingerprint density at radius 2 is 2.21 bits per heavy atom. The van der Waals surface area contributed by atoms with Crippen LogP contribution in [0.3, 0.4) is 0 Å². The number of rotatable bonds is 6. The van der Waals surface area contributed by atoms with Gasteiger partial charge in [-0.3, -0.25) is 9.69 Å². The molecule has 1 N–H and O–H groups in total. The van der Waals surface area contributed by atoms with Gasteiger partial charge < -0.3 is 9.73 Å². The van der Waals surface area contributed by atoms with Gasteiger partial charge in [-0.2, -0.15) is 11.3 Å². The summed E-state index contributed by atoms with van der Waals surface area (Å²) in [5, 5.41) is 7.12. The molecule has 3 rings (SSSR count). The number of carbonyl (C=O) groups excluding carboxylic acids is 1. The maximum atomic E-state index is 12.0. The van der Waals surface area contributed by atoms with E-state index in [1.54, 1.807) is 11.3 Å². The number of oxazole rings is 1. The lowest BCUT2D eigenvalue weighted by molar-refractivity contribution is -0.120. The van der Waals surface area contributed by atoms with Gasteiger partial charge in [0.2, 0.25) is 11.8 Å². The van der Waals surface area contributed by atoms with Crippen LogP contribution in [0.5, 0.6) is 0 Å². The van der Waals surface area contributed by atoms with Gasteiger partial charge in [0, 0.05) is 6.54 Å². The molecule has 24 heavy (non-hydrogen) atoms. The van der Waals surface area contributed by atoms with Gasteiger partial charge in [0.05, 0.1) is 18.7 Å². The number of carbonyl (C=O) groups is 1. The Bertz CT molecular complexity index is 638. The number of hydrogen-bond donors (Lipinski definition) is 1. The Morgan fingerprint density at radius 1 is 1.42 bits per heavy atom. The molecule has 0 atom stereocenters. The molecule has 1 amide bonds. The van der Waals surface area contributed by atoms with Crippen LogP contribution < -0.4 is 5.32 Å². The van der Waals surface area contributed by atoms with E-state index in [0.717, 1.165) is 61.9 Å². The minimum Gasteiger partial charge on any atom is -0.444 e. The first-order chi connectivity index (χ1) is 11.6. The molecule has 0 aromatic carbocycles. The van der Waals surface area contributed by atoms with Gasteiger partial charge in [-0.1, -0.05) is 0 Å². The summed E-state index contributed by atoms with van der Waals surface area (Å²) in [6.07, 6.45) is 2.71. The van der Waals surface area contributed by atoms with Crippen LogP contribution in [-0.2, 0) is 17.8 Å². The molecule has 0 saturated carbocycles. The zero-order valence-electron chi connectivity index (χ0n) is 14.4. The number of aryl methyl sites for hydroxylation is 2. The average molecular weight is 347 g/mol. The van der Waals surface area contributed by atoms with Crippen molar-refractivity contribution in [2.75, 3.05) is 19.6 Å². The number of thiophene rings is 1. The summed E-state index contributed by atoms with van der Waals surface area (Å²) in [7, 11) is 0. The first kappa shape index (κ1) is 17.2. The van der Waals surface area contributed by atoms with E-state index in [1.165, 1.54) is 0 Å². The van der Waals surface area contributed by atoms with Crippen molar-refractivity contribution in [2.24, 2.45) is 5.92 Å². The molecule has 1 fully saturated rings. The van der Waals surface area contributed by atoms with Crippen molar-refractivity contribution >= 4 is 17.2 Å². The predicted molar refractivity (Wildman–Crippen MR) is 95.0 cm³/mol. The summed E-state index contributed by atoms with van der Waals surface area (Å²) in [6, 6.07) is 2.01. The van der Waals surface area contributed by atoms with Crippen LogP contribution in [0, 0.1) is 19.8 Å². The minimum atomic E-state index is 0.126. The van der Waals surface area contributed by atoms with Crippen LogP contribution in [-0.4, -0.2) is 35.4 Å². The van der Waals surface area contributed by atoms with E-state index < -0.39 is 0 Å². The molecule has 6 heteroatoms. The van der Waals surface area contributed by atoms with Gasteiger partial charge in [0.25, 0.3) is 0 Å². The fourth-order valence-corrected chi connectivity index (χ4v) is 3.71. The number of nitrogens with zero attached hydrogens (tertiary/aromatic N) is 2. The highest BCUT2D eigenvalue weighted by Gasteiger charge is 2.21. The maximum Gasteiger partial charge on any atom is 0.224 e. The largest absolute Gasteiger partial charge is 0.444 e. The molecule has 2 aromatic heterocycles. The molecule has 130 valence electrons. The van der Waals surface area contributed by atoms with Crippen molar-refractivity contribution in [2.45, 2.75) is 39.7 Å². The SMILES string of the molecule is Cc1nc(CN2CCC(CNC(=O)Cc3ccsc3)CC2)oc1C. The van der Waals surface area contributed by atoms with E-state index in [1.807, 2.05) is 30.7 Å². The van der Waals surface area contributed by atoms with Crippen molar-refractivity contribution in [3.63, 3.8) is 0 Å². The van der Waals surface area contributed by atoms with Crippen LogP contribution in [0.4, 0.5) is 0 Å². The fraction of sp³-hybridized carbons (Fsp3) is 0.556. The van der Waals surface area contributed by atoms with Crippen LogP contribution in [0.25, 0.3) is 0 Å². The Morgan fingerprint density at radius 3 is 2.83 bits per heavy atom. The van der Waals surface area contributed by atoms with Crippen molar-refractivity contribution in [3.05, 3.63) is 39.7 Å². The number of piperidine rings is 1. The molecule has 0 radical (unpaired) electrons. The predicted octanol–water partition coefficient (Wildman–Crippen LogP) is 2.92. The molecule has 1 saturated heterocycles. The summed E-state index contributed by atoms with van der Waals surface area (Å²) < 4.78 is 5.66. The van der Waals surface area contributed by atoms with E-state index in [2.05, 4.69) is 15.2 Å². The number of amides is 1. The topological polar surface area (TPSA) is 58.4 Å². The van der Waals surface area contributed by atoms with Gasteiger partial charge in [0.1, 0.15) is 5.76 Å². The molecule has 2 aromatic rings. The third-order valence-corrected chi connectivity index (χ3v) is 5.40. The number of aromatic nitrogens is 1. The first-order valence-corrected chi connectivity index (χ1v) is 9.47. The molecule has 0 bridgehead atoms. The lowest BCUT2D eigenvalue weighted by atomic mass is 9.96. The minimum absolute atomic E-state index is 0.126. The Kier molecular flexibility index (Phi) is 5.68. The quantitative estimate of drug-likeness (QED) is 0.873. The molecule has 1 aliphatic rings. The Labute approximate surface area is 147 Å². The monoisotopic (exact) mass is 347 g/mol. The second-order valence-corrected chi connectivity index (χ2v) is 7.36. The fourth-order valence-electron chi connectivity index (χ4n) is 3.05. The molecule has 1 aliphatic heterocycles. The number of hydrogen-bond acceptors (Lipinski definition) is 5. The van der Waals surface area contributed by atoms with Crippen LogP contribution in [0.15, 0.2) is 21.2 Å². The van der Waals surface area contributed by atoms with Crippen molar-refractivity contribution < 1.29 is 9.21 Å². The highest BCUT2D eigenvalue weighted by molar-refractivity contribution is 7.07. The lowest BCUT2D eigenvalue weighted by Crippen LogP contribution is -2.38. The zero-order chi connectivity index (χ0) is 16.9. The third kappa shape index (κ3) is 4.68. The lowest BCUT2D eigenvalue weighted by Gasteiger charge is -2.31. The van der Waals surface area contributed by atoms with Gasteiger partial charge in [-0.25, -0.2) is 4.98 Å². The number of likely N-dealkylation sites (tertiary alicyclic amines) is 1. The highest BCUT2D eigenvalue weighted by atomic mass is 32.1. The Balaban J connectivity index is 1.36. The maximum absolute atomic E-state index is 12.0. The summed E-state index contributed by atoms with van der Waals surface area (Å²) in [5.41, 5.74) is 2.08. The molecule has 5 nitrogen and oxygen atoms in total. The normalized spacial score (nSPS) is 16.4. The smallest absolute Gasteiger partial charge is 0.224 e. The zero-order valence-corrected chi connectivity index (χ0v) is 15.2. The van der Waals surface area contributed by atoms with E-state index in [9.17, 15) is 4.79 Å². The molecular weight excluding hydrogens is 322 g/mol. The molecule has 0 spiro atoms. The summed E-state index contributed by atoms with van der Waals surface area (Å²) in [5.74, 6) is 2.42. The summed E-state index contributed by atoms with van der Waals surface area (Å²) in [6.45, 7) is 7.57. The van der Waals surface area contributed by atoms with Crippen LogP contribution >= 0.6 is 11.3 Å². The molecule has 0 unspecified atom stereocenters. The van der Waals surface area contributed by atoms with Gasteiger partial charge in [-0.05, 0) is 68.1 Å². The second kappa shape index (κ2) is 7.94. The van der Waals surface area contributed by atoms with Crippen LogP contribution in [0.2, 0.25) is 0 Å². The molecule has 3 heterocycles. The van der Waals surface area contributed by atoms with Gasteiger partial charge in [0.15, 0.2) is 0 Å². The van der Waals surface area contributed by atoms with Crippen LogP contribution in [0.1, 0.15) is 35.7 Å². The van der Waals surface area contributed by atoms with Gasteiger partial charge in [-0.15, -0.1) is 0 Å².